The van der Waals surface area contributed by atoms with Gasteiger partial charge in [0.25, 0.3) is 0 Å². The minimum absolute atomic E-state index is 0.112. The highest BCUT2D eigenvalue weighted by Gasteiger charge is 2.33. The Hall–Kier alpha value is -1.73. The van der Waals surface area contributed by atoms with Crippen LogP contribution >= 0.6 is 0 Å². The highest BCUT2D eigenvalue weighted by atomic mass is 32.2. The van der Waals surface area contributed by atoms with Gasteiger partial charge in [-0.3, -0.25) is 9.59 Å². The van der Waals surface area contributed by atoms with Crippen molar-refractivity contribution in [3.63, 3.8) is 0 Å². The number of sulfonamides is 1. The molecule has 0 bridgehead atoms. The van der Waals surface area contributed by atoms with Gasteiger partial charge in [0.1, 0.15) is 0 Å². The van der Waals surface area contributed by atoms with E-state index >= 15 is 0 Å². The normalized spacial score (nSPS) is 16.6. The summed E-state index contributed by atoms with van der Waals surface area (Å²) in [6.07, 6.45) is 1.06. The first-order valence-electron chi connectivity index (χ1n) is 8.71. The van der Waals surface area contributed by atoms with Gasteiger partial charge < -0.3 is 4.90 Å². The van der Waals surface area contributed by atoms with Crippen molar-refractivity contribution in [1.29, 1.82) is 0 Å². The Bertz CT molecular complexity index is 733. The van der Waals surface area contributed by atoms with Crippen molar-refractivity contribution < 1.29 is 18.0 Å². The summed E-state index contributed by atoms with van der Waals surface area (Å²) in [5.74, 6) is -0.170. The molecule has 1 aromatic rings. The average Bonchev–Trinajstić information content (AvgIpc) is 2.62. The fourth-order valence-corrected chi connectivity index (χ4v) is 4.68. The first kappa shape index (κ1) is 19.6. The number of nitrogens with zero attached hydrogens (tertiary/aromatic N) is 2. The maximum atomic E-state index is 12.8. The van der Waals surface area contributed by atoms with Gasteiger partial charge in [-0.25, -0.2) is 8.42 Å². The van der Waals surface area contributed by atoms with Gasteiger partial charge in [0.15, 0.2) is 5.78 Å². The summed E-state index contributed by atoms with van der Waals surface area (Å²) in [7, 11) is -3.64. The molecule has 1 fully saturated rings. The Morgan fingerprint density at radius 1 is 1.16 bits per heavy atom. The van der Waals surface area contributed by atoms with Gasteiger partial charge in [-0.2, -0.15) is 4.31 Å². The minimum atomic E-state index is -3.64. The van der Waals surface area contributed by atoms with E-state index in [4.69, 9.17) is 0 Å². The molecule has 0 radical (unpaired) electrons. The van der Waals surface area contributed by atoms with Crippen molar-refractivity contribution in [2.24, 2.45) is 5.92 Å². The average molecular weight is 366 g/mol. The number of amides is 1. The van der Waals surface area contributed by atoms with E-state index in [9.17, 15) is 18.0 Å². The van der Waals surface area contributed by atoms with Crippen molar-refractivity contribution in [2.45, 2.75) is 38.5 Å². The third kappa shape index (κ3) is 4.27. The monoisotopic (exact) mass is 366 g/mol. The van der Waals surface area contributed by atoms with Crippen LogP contribution in [0.4, 0.5) is 0 Å². The van der Waals surface area contributed by atoms with Crippen LogP contribution in [0.3, 0.4) is 0 Å². The molecule has 6 nitrogen and oxygen atoms in total. The Morgan fingerprint density at radius 2 is 1.76 bits per heavy atom. The van der Waals surface area contributed by atoms with Crippen LogP contribution in [-0.2, 0) is 14.8 Å². The van der Waals surface area contributed by atoms with E-state index < -0.39 is 10.0 Å². The molecule has 0 N–H and O–H groups in total. The van der Waals surface area contributed by atoms with E-state index in [1.165, 1.54) is 23.4 Å². The van der Waals surface area contributed by atoms with E-state index in [0.29, 0.717) is 44.6 Å². The van der Waals surface area contributed by atoms with Crippen molar-refractivity contribution in [2.75, 3.05) is 26.2 Å². The molecule has 7 heteroatoms. The highest BCUT2D eigenvalue weighted by molar-refractivity contribution is 7.89. The summed E-state index contributed by atoms with van der Waals surface area (Å²) in [6.45, 7) is 7.30. The quantitative estimate of drug-likeness (QED) is 0.723. The molecule has 1 aliphatic heterocycles. The van der Waals surface area contributed by atoms with Gasteiger partial charge in [-0.15, -0.1) is 0 Å². The lowest BCUT2D eigenvalue weighted by Gasteiger charge is -2.33. The number of Topliss-reactive ketones (excluding diaryl/α,β-unsaturated/α-hetero) is 1. The van der Waals surface area contributed by atoms with Crippen LogP contribution in [0.25, 0.3) is 0 Å². The minimum Gasteiger partial charge on any atom is -0.343 e. The van der Waals surface area contributed by atoms with E-state index in [1.54, 1.807) is 17.0 Å². The SMILES string of the molecule is CCN(CC)C(=O)C1CCN(S(=O)(=O)c2cccc(C(C)=O)c2)CC1. The number of carbonyl (C=O) groups is 2. The van der Waals surface area contributed by atoms with E-state index in [0.717, 1.165) is 0 Å². The van der Waals surface area contributed by atoms with Crippen molar-refractivity contribution in [3.05, 3.63) is 29.8 Å². The predicted octanol–water partition coefficient (Wildman–Crippen LogP) is 2.16. The molecule has 0 saturated carbocycles. The van der Waals surface area contributed by atoms with Gasteiger partial charge >= 0.3 is 0 Å². The van der Waals surface area contributed by atoms with Gasteiger partial charge in [-0.05, 0) is 45.7 Å². The Labute approximate surface area is 149 Å². The summed E-state index contributed by atoms with van der Waals surface area (Å²) >= 11 is 0. The molecular formula is C18H26N2O4S. The number of carbonyl (C=O) groups excluding carboxylic acids is 2. The fraction of sp³-hybridized carbons (Fsp3) is 0.556. The molecule has 138 valence electrons. The molecule has 0 atom stereocenters. The summed E-state index contributed by atoms with van der Waals surface area (Å²) in [5.41, 5.74) is 0.382. The Morgan fingerprint density at radius 3 is 2.28 bits per heavy atom. The lowest BCUT2D eigenvalue weighted by Crippen LogP contribution is -2.44. The molecule has 0 spiro atoms. The van der Waals surface area contributed by atoms with Crippen molar-refractivity contribution in [1.82, 2.24) is 9.21 Å². The second-order valence-electron chi connectivity index (χ2n) is 6.27. The van der Waals surface area contributed by atoms with Crippen LogP contribution in [0.2, 0.25) is 0 Å². The maximum Gasteiger partial charge on any atom is 0.243 e. The topological polar surface area (TPSA) is 74.8 Å². The second kappa shape index (κ2) is 8.10. The predicted molar refractivity (Wildman–Crippen MR) is 95.9 cm³/mol. The second-order valence-corrected chi connectivity index (χ2v) is 8.21. The van der Waals surface area contributed by atoms with Crippen molar-refractivity contribution in [3.8, 4) is 0 Å². The van der Waals surface area contributed by atoms with Crippen molar-refractivity contribution >= 4 is 21.7 Å². The summed E-state index contributed by atoms with van der Waals surface area (Å²) in [5, 5.41) is 0. The fourth-order valence-electron chi connectivity index (χ4n) is 3.16. The number of hydrogen-bond donors (Lipinski definition) is 0. The van der Waals surface area contributed by atoms with Crippen LogP contribution in [0.5, 0.6) is 0 Å². The van der Waals surface area contributed by atoms with Crippen LogP contribution in [-0.4, -0.2) is 55.5 Å². The molecule has 25 heavy (non-hydrogen) atoms. The molecule has 1 aromatic carbocycles. The largest absolute Gasteiger partial charge is 0.343 e. The smallest absolute Gasteiger partial charge is 0.243 e. The van der Waals surface area contributed by atoms with E-state index in [1.807, 2.05) is 13.8 Å². The summed E-state index contributed by atoms with van der Waals surface area (Å²) in [4.78, 5) is 25.8. The molecule has 1 aliphatic rings. The molecule has 1 amide bonds. The van der Waals surface area contributed by atoms with Gasteiger partial charge in [0.05, 0.1) is 4.90 Å². The molecular weight excluding hydrogens is 340 g/mol. The third-order valence-corrected chi connectivity index (χ3v) is 6.65. The zero-order valence-corrected chi connectivity index (χ0v) is 15.9. The van der Waals surface area contributed by atoms with Gasteiger partial charge in [0.2, 0.25) is 15.9 Å². The van der Waals surface area contributed by atoms with Gasteiger partial charge in [-0.1, -0.05) is 12.1 Å². The molecule has 0 unspecified atom stereocenters. The number of piperidine rings is 1. The Balaban J connectivity index is 2.10. The van der Waals surface area contributed by atoms with Crippen LogP contribution in [0.15, 0.2) is 29.2 Å². The standard InChI is InChI=1S/C18H26N2O4S/c1-4-19(5-2)18(22)15-9-11-20(12-10-15)25(23,24)17-8-6-7-16(13-17)14(3)21/h6-8,13,15H,4-5,9-12H2,1-3H3. The lowest BCUT2D eigenvalue weighted by molar-refractivity contribution is -0.136. The molecule has 0 aromatic heterocycles. The number of ketones is 1. The van der Waals surface area contributed by atoms with Crippen LogP contribution in [0.1, 0.15) is 44.0 Å². The number of rotatable bonds is 6. The highest BCUT2D eigenvalue weighted by Crippen LogP contribution is 2.25. The van der Waals surface area contributed by atoms with Crippen LogP contribution < -0.4 is 0 Å². The Kier molecular flexibility index (Phi) is 6.35. The molecule has 2 rings (SSSR count). The summed E-state index contributed by atoms with van der Waals surface area (Å²) in [6, 6.07) is 6.12. The van der Waals surface area contributed by atoms with E-state index in [2.05, 4.69) is 0 Å². The molecule has 1 saturated heterocycles. The zero-order chi connectivity index (χ0) is 18.6. The number of benzene rings is 1. The maximum absolute atomic E-state index is 12.8. The molecule has 1 heterocycles. The first-order valence-corrected chi connectivity index (χ1v) is 10.1. The van der Waals surface area contributed by atoms with Gasteiger partial charge in [0, 0.05) is 37.7 Å². The molecule has 0 aliphatic carbocycles. The zero-order valence-electron chi connectivity index (χ0n) is 15.1. The third-order valence-electron chi connectivity index (χ3n) is 4.76. The van der Waals surface area contributed by atoms with E-state index in [-0.39, 0.29) is 22.5 Å². The lowest BCUT2D eigenvalue weighted by atomic mass is 9.96. The van der Waals surface area contributed by atoms with Crippen LogP contribution in [0, 0.1) is 5.92 Å². The number of hydrogen-bond acceptors (Lipinski definition) is 4. The summed E-state index contributed by atoms with van der Waals surface area (Å²) < 4.78 is 27.0. The first-order chi connectivity index (χ1) is 11.8.